The van der Waals surface area contributed by atoms with E-state index in [0.717, 1.165) is 15.6 Å². The van der Waals surface area contributed by atoms with Gasteiger partial charge in [-0.1, -0.05) is 18.5 Å². The van der Waals surface area contributed by atoms with Crippen LogP contribution >= 0.6 is 34.2 Å². The second kappa shape index (κ2) is 5.32. The molecule has 0 amide bonds. The van der Waals surface area contributed by atoms with Gasteiger partial charge in [0.1, 0.15) is 0 Å². The Morgan fingerprint density at radius 2 is 2.24 bits per heavy atom. The molecule has 0 radical (unpaired) electrons. The van der Waals surface area contributed by atoms with E-state index >= 15 is 0 Å². The molecular formula is C11H11ClIN3O. The Balaban J connectivity index is 2.40. The lowest BCUT2D eigenvalue weighted by Gasteiger charge is -2.02. The summed E-state index contributed by atoms with van der Waals surface area (Å²) in [6.45, 7) is 1.97. The van der Waals surface area contributed by atoms with Gasteiger partial charge in [0.25, 0.3) is 0 Å². The summed E-state index contributed by atoms with van der Waals surface area (Å²) in [6, 6.07) is 5.31. The van der Waals surface area contributed by atoms with Crippen molar-refractivity contribution in [2.45, 2.75) is 19.4 Å². The number of hydrogen-bond acceptors (Lipinski definition) is 4. The highest BCUT2D eigenvalue weighted by atomic mass is 127. The number of aromatic nitrogens is 2. The fraction of sp³-hybridized carbons (Fsp3) is 0.273. The molecule has 0 aliphatic rings. The van der Waals surface area contributed by atoms with Gasteiger partial charge >= 0.3 is 0 Å². The topological polar surface area (TPSA) is 64.9 Å². The van der Waals surface area contributed by atoms with Crippen molar-refractivity contribution in [2.75, 3.05) is 0 Å². The highest BCUT2D eigenvalue weighted by Crippen LogP contribution is 2.28. The predicted molar refractivity (Wildman–Crippen MR) is 74.7 cm³/mol. The summed E-state index contributed by atoms with van der Waals surface area (Å²) in [4.78, 5) is 0. The van der Waals surface area contributed by atoms with Crippen molar-refractivity contribution in [1.29, 1.82) is 0 Å². The van der Waals surface area contributed by atoms with Crippen LogP contribution in [0.25, 0.3) is 11.5 Å². The van der Waals surface area contributed by atoms with Crippen molar-refractivity contribution in [2.24, 2.45) is 5.73 Å². The minimum Gasteiger partial charge on any atom is -0.419 e. The average Bonchev–Trinajstić information content (AvgIpc) is 2.80. The van der Waals surface area contributed by atoms with Gasteiger partial charge in [-0.2, -0.15) is 0 Å². The largest absolute Gasteiger partial charge is 0.419 e. The summed E-state index contributed by atoms with van der Waals surface area (Å²) < 4.78 is 6.55. The number of nitrogens with two attached hydrogens (primary N) is 1. The number of halogens is 2. The maximum atomic E-state index is 5.95. The Morgan fingerprint density at radius 3 is 2.94 bits per heavy atom. The maximum absolute atomic E-state index is 5.95. The highest BCUT2D eigenvalue weighted by Gasteiger charge is 2.15. The van der Waals surface area contributed by atoms with E-state index in [1.165, 1.54) is 0 Å². The predicted octanol–water partition coefficient (Wildman–Crippen LogP) is 3.40. The molecule has 1 unspecified atom stereocenters. The first-order valence-electron chi connectivity index (χ1n) is 5.16. The van der Waals surface area contributed by atoms with Crippen LogP contribution in [0.5, 0.6) is 0 Å². The number of benzene rings is 1. The third-order valence-corrected chi connectivity index (χ3v) is 3.53. The number of nitrogens with zero attached hydrogens (tertiary/aromatic N) is 2. The Kier molecular flexibility index (Phi) is 4.01. The monoisotopic (exact) mass is 363 g/mol. The van der Waals surface area contributed by atoms with Crippen LogP contribution < -0.4 is 5.73 Å². The van der Waals surface area contributed by atoms with Gasteiger partial charge in [-0.05, 0) is 47.2 Å². The lowest BCUT2D eigenvalue weighted by molar-refractivity contribution is 0.452. The first-order chi connectivity index (χ1) is 8.11. The van der Waals surface area contributed by atoms with E-state index in [4.69, 9.17) is 21.8 Å². The molecule has 0 aliphatic heterocycles. The van der Waals surface area contributed by atoms with E-state index in [1.807, 2.05) is 19.1 Å². The quantitative estimate of drug-likeness (QED) is 0.849. The van der Waals surface area contributed by atoms with Crippen molar-refractivity contribution >= 4 is 34.2 Å². The van der Waals surface area contributed by atoms with Crippen LogP contribution in [0, 0.1) is 3.57 Å². The van der Waals surface area contributed by atoms with E-state index in [0.29, 0.717) is 16.8 Å². The Labute approximate surface area is 118 Å². The molecule has 2 rings (SSSR count). The van der Waals surface area contributed by atoms with Gasteiger partial charge in [-0.15, -0.1) is 10.2 Å². The molecular weight excluding hydrogens is 352 g/mol. The molecule has 17 heavy (non-hydrogen) atoms. The van der Waals surface area contributed by atoms with Gasteiger partial charge in [0.15, 0.2) is 0 Å². The molecule has 6 heteroatoms. The summed E-state index contributed by atoms with van der Waals surface area (Å²) in [5.41, 5.74) is 6.66. The molecule has 0 bridgehead atoms. The van der Waals surface area contributed by atoms with E-state index in [1.54, 1.807) is 6.07 Å². The van der Waals surface area contributed by atoms with Gasteiger partial charge < -0.3 is 10.2 Å². The second-order valence-corrected chi connectivity index (χ2v) is 5.18. The average molecular weight is 364 g/mol. The van der Waals surface area contributed by atoms with Crippen LogP contribution in [0.1, 0.15) is 25.3 Å². The molecule has 0 fully saturated rings. The van der Waals surface area contributed by atoms with Crippen LogP contribution in [-0.2, 0) is 0 Å². The molecule has 1 heterocycles. The van der Waals surface area contributed by atoms with Gasteiger partial charge in [0.05, 0.1) is 11.6 Å². The second-order valence-electron chi connectivity index (χ2n) is 3.58. The van der Waals surface area contributed by atoms with Crippen LogP contribution in [-0.4, -0.2) is 10.2 Å². The molecule has 0 spiro atoms. The van der Waals surface area contributed by atoms with Crippen LogP contribution in [0.3, 0.4) is 0 Å². The smallest absolute Gasteiger partial charge is 0.248 e. The van der Waals surface area contributed by atoms with Crippen LogP contribution in [0.2, 0.25) is 5.02 Å². The van der Waals surface area contributed by atoms with E-state index in [-0.39, 0.29) is 6.04 Å². The highest BCUT2D eigenvalue weighted by molar-refractivity contribution is 14.1. The Bertz CT molecular complexity index is 529. The zero-order chi connectivity index (χ0) is 12.4. The summed E-state index contributed by atoms with van der Waals surface area (Å²) in [6.07, 6.45) is 0.758. The summed E-state index contributed by atoms with van der Waals surface area (Å²) in [7, 11) is 0. The minimum atomic E-state index is -0.215. The minimum absolute atomic E-state index is 0.215. The summed E-state index contributed by atoms with van der Waals surface area (Å²) in [5, 5.41) is 8.58. The molecule has 1 aromatic carbocycles. The molecule has 2 aromatic rings. The zero-order valence-corrected chi connectivity index (χ0v) is 12.1. The van der Waals surface area contributed by atoms with E-state index < -0.39 is 0 Å². The van der Waals surface area contributed by atoms with Crippen LogP contribution in [0.15, 0.2) is 22.6 Å². The molecule has 0 aliphatic carbocycles. The molecule has 0 saturated heterocycles. The third-order valence-electron chi connectivity index (χ3n) is 2.36. The Morgan fingerprint density at radius 1 is 1.47 bits per heavy atom. The fourth-order valence-electron chi connectivity index (χ4n) is 1.33. The summed E-state index contributed by atoms with van der Waals surface area (Å²) >= 11 is 8.14. The lowest BCUT2D eigenvalue weighted by atomic mass is 10.2. The van der Waals surface area contributed by atoms with E-state index in [9.17, 15) is 0 Å². The van der Waals surface area contributed by atoms with Crippen LogP contribution in [0.4, 0.5) is 0 Å². The number of rotatable bonds is 3. The first-order valence-corrected chi connectivity index (χ1v) is 6.62. The molecule has 2 N–H and O–H groups in total. The summed E-state index contributed by atoms with van der Waals surface area (Å²) in [5.74, 6) is 0.911. The fourth-order valence-corrected chi connectivity index (χ4v) is 2.07. The van der Waals surface area contributed by atoms with Crippen molar-refractivity contribution < 1.29 is 4.42 Å². The zero-order valence-electron chi connectivity index (χ0n) is 9.15. The van der Waals surface area contributed by atoms with Gasteiger partial charge in [0, 0.05) is 8.59 Å². The SMILES string of the molecule is CCC(N)c1nnc(-c2cc(Cl)ccc2I)o1. The Hall–Kier alpha value is -0.660. The molecule has 90 valence electrons. The standard InChI is InChI=1S/C11H11ClIN3O/c1-2-9(14)11-16-15-10(17-11)7-5-6(12)3-4-8(7)13/h3-5,9H,2,14H2,1H3. The van der Waals surface area contributed by atoms with Gasteiger partial charge in [-0.3, -0.25) is 0 Å². The molecule has 0 saturated carbocycles. The maximum Gasteiger partial charge on any atom is 0.248 e. The van der Waals surface area contributed by atoms with Crippen molar-refractivity contribution in [3.05, 3.63) is 32.7 Å². The van der Waals surface area contributed by atoms with Gasteiger partial charge in [-0.25, -0.2) is 0 Å². The lowest BCUT2D eigenvalue weighted by Crippen LogP contribution is -2.08. The van der Waals surface area contributed by atoms with Gasteiger partial charge in [0.2, 0.25) is 11.8 Å². The van der Waals surface area contributed by atoms with E-state index in [2.05, 4.69) is 32.8 Å². The van der Waals surface area contributed by atoms with Crippen molar-refractivity contribution in [3.63, 3.8) is 0 Å². The normalized spacial score (nSPS) is 12.7. The third kappa shape index (κ3) is 2.78. The molecule has 4 nitrogen and oxygen atoms in total. The number of hydrogen-bond donors (Lipinski definition) is 1. The molecule has 1 atom stereocenters. The molecule has 1 aromatic heterocycles. The van der Waals surface area contributed by atoms with Crippen molar-refractivity contribution in [1.82, 2.24) is 10.2 Å². The first kappa shape index (κ1) is 12.8. The van der Waals surface area contributed by atoms with Crippen molar-refractivity contribution in [3.8, 4) is 11.5 Å².